The number of anilines is 2. The van der Waals surface area contributed by atoms with Crippen LogP contribution in [0.1, 0.15) is 12.5 Å². The lowest BCUT2D eigenvalue weighted by Gasteiger charge is -2.06. The molecule has 4 aromatic rings. The fraction of sp³-hybridized carbons (Fsp3) is 0.250. The predicted molar refractivity (Wildman–Crippen MR) is 105 cm³/mol. The van der Waals surface area contributed by atoms with Crippen LogP contribution >= 0.6 is 0 Å². The highest BCUT2D eigenvalue weighted by Crippen LogP contribution is 2.27. The number of fused-ring (bicyclic) bond motifs is 1. The van der Waals surface area contributed by atoms with Crippen molar-refractivity contribution in [2.45, 2.75) is 12.5 Å². The standard InChI is InChI=1S/C20H20N6O2/c1-27-17-6-4-14(5-7-17)18-3-2-9-25-19(18)23-20(24-25)22-15-11-21-26(12-15)16-8-10-28-13-16/h2-7,9,11-12,16H,8,10,13H2,1H3,(H,22,24). The average Bonchev–Trinajstić information content (AvgIpc) is 3.48. The Hall–Kier alpha value is -3.39. The summed E-state index contributed by atoms with van der Waals surface area (Å²) in [7, 11) is 1.66. The van der Waals surface area contributed by atoms with Crippen molar-refractivity contribution >= 4 is 17.3 Å². The lowest BCUT2D eigenvalue weighted by atomic mass is 10.1. The Bertz CT molecular complexity index is 1100. The number of methoxy groups -OCH3 is 1. The van der Waals surface area contributed by atoms with Crippen LogP contribution in [0.3, 0.4) is 0 Å². The molecule has 1 aromatic carbocycles. The third kappa shape index (κ3) is 3.07. The summed E-state index contributed by atoms with van der Waals surface area (Å²) < 4.78 is 14.4. The lowest BCUT2D eigenvalue weighted by molar-refractivity contribution is 0.184. The van der Waals surface area contributed by atoms with E-state index in [9.17, 15) is 0 Å². The third-order valence-electron chi connectivity index (χ3n) is 4.90. The minimum Gasteiger partial charge on any atom is -0.497 e. The van der Waals surface area contributed by atoms with Gasteiger partial charge in [0.2, 0.25) is 5.95 Å². The van der Waals surface area contributed by atoms with Gasteiger partial charge in [0.1, 0.15) is 5.75 Å². The molecular weight excluding hydrogens is 356 g/mol. The molecule has 0 amide bonds. The largest absolute Gasteiger partial charge is 0.497 e. The van der Waals surface area contributed by atoms with Crippen LogP contribution in [0.4, 0.5) is 11.6 Å². The summed E-state index contributed by atoms with van der Waals surface area (Å²) in [4.78, 5) is 4.68. The van der Waals surface area contributed by atoms with Crippen LogP contribution in [0.25, 0.3) is 16.8 Å². The first-order chi connectivity index (χ1) is 13.8. The Morgan fingerprint density at radius 2 is 2.11 bits per heavy atom. The number of nitrogens with zero attached hydrogens (tertiary/aromatic N) is 5. The summed E-state index contributed by atoms with van der Waals surface area (Å²) in [6.45, 7) is 1.49. The number of pyridine rings is 1. The zero-order valence-electron chi connectivity index (χ0n) is 15.4. The summed E-state index contributed by atoms with van der Waals surface area (Å²) in [6, 6.07) is 12.2. The van der Waals surface area contributed by atoms with Gasteiger partial charge in [-0.3, -0.25) is 4.68 Å². The van der Waals surface area contributed by atoms with E-state index in [1.54, 1.807) is 17.8 Å². The quantitative estimate of drug-likeness (QED) is 0.576. The summed E-state index contributed by atoms with van der Waals surface area (Å²) >= 11 is 0. The van der Waals surface area contributed by atoms with Crippen molar-refractivity contribution in [3.63, 3.8) is 0 Å². The maximum absolute atomic E-state index is 5.43. The zero-order valence-corrected chi connectivity index (χ0v) is 15.4. The maximum Gasteiger partial charge on any atom is 0.247 e. The van der Waals surface area contributed by atoms with Crippen molar-refractivity contribution in [2.24, 2.45) is 0 Å². The summed E-state index contributed by atoms with van der Waals surface area (Å²) in [5.74, 6) is 1.35. The minimum absolute atomic E-state index is 0.297. The van der Waals surface area contributed by atoms with Gasteiger partial charge >= 0.3 is 0 Å². The molecule has 1 aliphatic rings. The molecule has 1 atom stereocenters. The molecular formula is C20H20N6O2. The predicted octanol–water partition coefficient (Wildman–Crippen LogP) is 3.31. The molecule has 0 aliphatic carbocycles. The van der Waals surface area contributed by atoms with Gasteiger partial charge in [-0.2, -0.15) is 10.1 Å². The molecule has 4 heterocycles. The van der Waals surface area contributed by atoms with Gasteiger partial charge in [0.05, 0.1) is 31.6 Å². The van der Waals surface area contributed by atoms with Gasteiger partial charge in [-0.1, -0.05) is 12.1 Å². The number of hydrogen-bond acceptors (Lipinski definition) is 6. The Kier molecular flexibility index (Phi) is 4.17. The van der Waals surface area contributed by atoms with Gasteiger partial charge in [-0.05, 0) is 36.2 Å². The molecule has 0 radical (unpaired) electrons. The molecule has 1 saturated heterocycles. The van der Waals surface area contributed by atoms with Gasteiger partial charge in [0, 0.05) is 24.6 Å². The average molecular weight is 376 g/mol. The van der Waals surface area contributed by atoms with Crippen molar-refractivity contribution in [3.05, 3.63) is 55.0 Å². The molecule has 3 aromatic heterocycles. The van der Waals surface area contributed by atoms with Crippen molar-refractivity contribution in [1.29, 1.82) is 0 Å². The van der Waals surface area contributed by atoms with E-state index in [1.807, 2.05) is 53.5 Å². The first kappa shape index (κ1) is 16.8. The monoisotopic (exact) mass is 376 g/mol. The summed E-state index contributed by atoms with van der Waals surface area (Å²) in [5.41, 5.74) is 3.70. The van der Waals surface area contributed by atoms with Crippen LogP contribution in [0, 0.1) is 0 Å². The van der Waals surface area contributed by atoms with E-state index in [1.165, 1.54) is 0 Å². The van der Waals surface area contributed by atoms with Crippen LogP contribution in [0.5, 0.6) is 5.75 Å². The molecule has 0 spiro atoms. The highest BCUT2D eigenvalue weighted by molar-refractivity contribution is 5.78. The molecule has 142 valence electrons. The molecule has 8 nitrogen and oxygen atoms in total. The second kappa shape index (κ2) is 6.97. The molecule has 1 unspecified atom stereocenters. The first-order valence-electron chi connectivity index (χ1n) is 9.19. The van der Waals surface area contributed by atoms with E-state index in [0.29, 0.717) is 18.6 Å². The lowest BCUT2D eigenvalue weighted by Crippen LogP contribution is -2.08. The highest BCUT2D eigenvalue weighted by atomic mass is 16.5. The zero-order chi connectivity index (χ0) is 18.9. The Balaban J connectivity index is 1.43. The van der Waals surface area contributed by atoms with Crippen LogP contribution in [-0.2, 0) is 4.74 Å². The van der Waals surface area contributed by atoms with Gasteiger partial charge in [-0.25, -0.2) is 4.52 Å². The SMILES string of the molecule is COc1ccc(-c2cccn3nc(Nc4cnn(C5CCOC5)c4)nc23)cc1. The second-order valence-electron chi connectivity index (χ2n) is 6.71. The number of aromatic nitrogens is 5. The third-order valence-corrected chi connectivity index (χ3v) is 4.90. The van der Waals surface area contributed by atoms with E-state index in [0.717, 1.165) is 41.2 Å². The highest BCUT2D eigenvalue weighted by Gasteiger charge is 2.18. The number of hydrogen-bond donors (Lipinski definition) is 1. The van der Waals surface area contributed by atoms with Crippen LogP contribution < -0.4 is 10.1 Å². The van der Waals surface area contributed by atoms with Crippen molar-refractivity contribution in [1.82, 2.24) is 24.4 Å². The number of ether oxygens (including phenoxy) is 2. The Labute approximate surface area is 161 Å². The van der Waals surface area contributed by atoms with E-state index >= 15 is 0 Å². The summed E-state index contributed by atoms with van der Waals surface area (Å²) in [6.07, 6.45) is 6.63. The normalized spacial score (nSPS) is 16.5. The molecule has 0 saturated carbocycles. The van der Waals surface area contributed by atoms with E-state index in [4.69, 9.17) is 9.47 Å². The first-order valence-corrected chi connectivity index (χ1v) is 9.19. The molecule has 1 aliphatic heterocycles. The molecule has 1 N–H and O–H groups in total. The van der Waals surface area contributed by atoms with Gasteiger partial charge in [-0.15, -0.1) is 5.10 Å². The van der Waals surface area contributed by atoms with Crippen molar-refractivity contribution < 1.29 is 9.47 Å². The van der Waals surface area contributed by atoms with E-state index < -0.39 is 0 Å². The summed E-state index contributed by atoms with van der Waals surface area (Å²) in [5, 5.41) is 12.2. The minimum atomic E-state index is 0.297. The molecule has 0 bridgehead atoms. The Morgan fingerprint density at radius 3 is 2.89 bits per heavy atom. The Morgan fingerprint density at radius 1 is 1.21 bits per heavy atom. The van der Waals surface area contributed by atoms with Crippen LogP contribution in [0.2, 0.25) is 0 Å². The van der Waals surface area contributed by atoms with Crippen molar-refractivity contribution in [3.8, 4) is 16.9 Å². The van der Waals surface area contributed by atoms with Gasteiger partial charge < -0.3 is 14.8 Å². The second-order valence-corrected chi connectivity index (χ2v) is 6.71. The van der Waals surface area contributed by atoms with Crippen molar-refractivity contribution in [2.75, 3.05) is 25.6 Å². The van der Waals surface area contributed by atoms with Gasteiger partial charge in [0.25, 0.3) is 0 Å². The van der Waals surface area contributed by atoms with Crippen LogP contribution in [-0.4, -0.2) is 44.7 Å². The van der Waals surface area contributed by atoms with Gasteiger partial charge in [0.15, 0.2) is 5.65 Å². The number of benzene rings is 1. The van der Waals surface area contributed by atoms with E-state index in [2.05, 4.69) is 20.5 Å². The van der Waals surface area contributed by atoms with E-state index in [-0.39, 0.29) is 0 Å². The fourth-order valence-corrected chi connectivity index (χ4v) is 3.42. The maximum atomic E-state index is 5.43. The number of rotatable bonds is 5. The molecule has 1 fully saturated rings. The molecule has 8 heteroatoms. The molecule has 28 heavy (non-hydrogen) atoms. The fourth-order valence-electron chi connectivity index (χ4n) is 3.42. The molecule has 5 rings (SSSR count). The van der Waals surface area contributed by atoms with Crippen LogP contribution in [0.15, 0.2) is 55.0 Å². The smallest absolute Gasteiger partial charge is 0.247 e. The topological polar surface area (TPSA) is 78.5 Å². The number of nitrogens with one attached hydrogen (secondary N) is 1.